The van der Waals surface area contributed by atoms with Crippen LogP contribution in [-0.4, -0.2) is 15.8 Å². The van der Waals surface area contributed by atoms with Gasteiger partial charge in [0.25, 0.3) is 0 Å². The molecule has 0 fully saturated rings. The fraction of sp³-hybridized carbons (Fsp3) is 0.0909. The molecule has 2 heterocycles. The fourth-order valence-corrected chi connectivity index (χ4v) is 1.74. The number of hydrazone groups is 1. The second kappa shape index (κ2) is 5.21. The molecule has 0 bridgehead atoms. The van der Waals surface area contributed by atoms with Gasteiger partial charge >= 0.3 is 0 Å². The number of nitrogens with one attached hydrogen (secondary N) is 1. The van der Waals surface area contributed by atoms with E-state index in [4.69, 9.17) is 23.2 Å². The quantitative estimate of drug-likeness (QED) is 0.686. The number of pyridine rings is 1. The molecule has 2 aromatic rings. The van der Waals surface area contributed by atoms with Crippen molar-refractivity contribution in [3.8, 4) is 0 Å². The monoisotopic (exact) mass is 268 g/mol. The van der Waals surface area contributed by atoms with Gasteiger partial charge in [-0.25, -0.2) is 0 Å². The van der Waals surface area contributed by atoms with Crippen molar-refractivity contribution in [3.05, 3.63) is 46.5 Å². The first kappa shape index (κ1) is 12.0. The van der Waals surface area contributed by atoms with Crippen molar-refractivity contribution in [3.63, 3.8) is 0 Å². The Morgan fingerprint density at radius 3 is 2.65 bits per heavy atom. The Morgan fingerprint density at radius 2 is 2.06 bits per heavy atom. The molecule has 17 heavy (non-hydrogen) atoms. The highest BCUT2D eigenvalue weighted by molar-refractivity contribution is 6.38. The number of halogens is 2. The molecule has 0 saturated heterocycles. The molecule has 0 aliphatic heterocycles. The summed E-state index contributed by atoms with van der Waals surface area (Å²) < 4.78 is 1.95. The summed E-state index contributed by atoms with van der Waals surface area (Å²) in [7, 11) is 1.94. The van der Waals surface area contributed by atoms with Gasteiger partial charge in [-0.1, -0.05) is 23.2 Å². The molecule has 1 N–H and O–H groups in total. The van der Waals surface area contributed by atoms with Gasteiger partial charge in [0, 0.05) is 25.6 Å². The lowest BCUT2D eigenvalue weighted by atomic mass is 10.4. The first-order valence-corrected chi connectivity index (χ1v) is 5.63. The maximum atomic E-state index is 5.93. The second-order valence-corrected chi connectivity index (χ2v) is 4.21. The van der Waals surface area contributed by atoms with Crippen molar-refractivity contribution >= 4 is 35.1 Å². The first-order chi connectivity index (χ1) is 8.18. The predicted molar refractivity (Wildman–Crippen MR) is 70.9 cm³/mol. The first-order valence-electron chi connectivity index (χ1n) is 4.88. The van der Waals surface area contributed by atoms with Gasteiger partial charge in [0.15, 0.2) is 0 Å². The Hall–Kier alpha value is -1.52. The van der Waals surface area contributed by atoms with Gasteiger partial charge in [0.2, 0.25) is 0 Å². The zero-order chi connectivity index (χ0) is 12.3. The molecule has 0 amide bonds. The molecule has 4 nitrogen and oxygen atoms in total. The van der Waals surface area contributed by atoms with E-state index in [9.17, 15) is 0 Å². The van der Waals surface area contributed by atoms with Crippen molar-refractivity contribution < 1.29 is 0 Å². The summed E-state index contributed by atoms with van der Waals surface area (Å²) in [6, 6.07) is 3.88. The van der Waals surface area contributed by atoms with E-state index in [1.165, 1.54) is 12.4 Å². The Bertz CT molecular complexity index is 528. The van der Waals surface area contributed by atoms with Gasteiger partial charge < -0.3 is 4.57 Å². The van der Waals surface area contributed by atoms with Gasteiger partial charge in [-0.05, 0) is 12.1 Å². The van der Waals surface area contributed by atoms with Crippen LogP contribution >= 0.6 is 23.2 Å². The summed E-state index contributed by atoms with van der Waals surface area (Å²) in [5.74, 6) is 0. The average molecular weight is 269 g/mol. The van der Waals surface area contributed by atoms with Crippen LogP contribution in [0, 0.1) is 0 Å². The van der Waals surface area contributed by atoms with Crippen LogP contribution in [0.2, 0.25) is 10.0 Å². The van der Waals surface area contributed by atoms with E-state index in [2.05, 4.69) is 15.5 Å². The van der Waals surface area contributed by atoms with Crippen LogP contribution in [0.25, 0.3) is 0 Å². The zero-order valence-electron chi connectivity index (χ0n) is 9.06. The summed E-state index contributed by atoms with van der Waals surface area (Å²) in [6.45, 7) is 0. The summed E-state index contributed by atoms with van der Waals surface area (Å²) in [5.41, 5.74) is 4.32. The number of rotatable bonds is 3. The molecule has 0 atom stereocenters. The van der Waals surface area contributed by atoms with Crippen molar-refractivity contribution in [2.75, 3.05) is 5.43 Å². The largest absolute Gasteiger partial charge is 0.350 e. The lowest BCUT2D eigenvalue weighted by Crippen LogP contribution is -1.97. The average Bonchev–Trinajstić information content (AvgIpc) is 2.69. The van der Waals surface area contributed by atoms with E-state index in [0.29, 0.717) is 15.7 Å². The van der Waals surface area contributed by atoms with Crippen molar-refractivity contribution in [2.45, 2.75) is 0 Å². The molecule has 0 saturated carbocycles. The number of hydrogen-bond acceptors (Lipinski definition) is 3. The van der Waals surface area contributed by atoms with Crippen LogP contribution in [0.1, 0.15) is 5.69 Å². The third kappa shape index (κ3) is 2.78. The number of nitrogens with zero attached hydrogens (tertiary/aromatic N) is 3. The zero-order valence-corrected chi connectivity index (χ0v) is 10.6. The molecular weight excluding hydrogens is 259 g/mol. The molecule has 0 spiro atoms. The summed E-state index contributed by atoms with van der Waals surface area (Å²) >= 11 is 11.9. The van der Waals surface area contributed by atoms with Crippen LogP contribution in [0.15, 0.2) is 35.8 Å². The SMILES string of the molecule is Cn1cccc1/C=N/Nc1c(Cl)cncc1Cl. The lowest BCUT2D eigenvalue weighted by Gasteiger charge is -2.04. The van der Waals surface area contributed by atoms with Crippen LogP contribution in [-0.2, 0) is 7.05 Å². The Balaban J connectivity index is 2.13. The van der Waals surface area contributed by atoms with Gasteiger partial charge in [-0.3, -0.25) is 10.4 Å². The minimum Gasteiger partial charge on any atom is -0.350 e. The maximum absolute atomic E-state index is 5.93. The third-order valence-electron chi connectivity index (χ3n) is 2.21. The fourth-order valence-electron chi connectivity index (χ4n) is 1.29. The highest BCUT2D eigenvalue weighted by Crippen LogP contribution is 2.28. The van der Waals surface area contributed by atoms with Gasteiger partial charge in [-0.15, -0.1) is 0 Å². The number of hydrogen-bond donors (Lipinski definition) is 1. The van der Waals surface area contributed by atoms with Crippen LogP contribution in [0.4, 0.5) is 5.69 Å². The Morgan fingerprint density at radius 1 is 1.35 bits per heavy atom. The molecule has 0 radical (unpaired) electrons. The molecule has 0 aliphatic rings. The summed E-state index contributed by atoms with van der Waals surface area (Å²) in [5, 5.41) is 4.94. The van der Waals surface area contributed by atoms with Gasteiger partial charge in [0.05, 0.1) is 27.6 Å². The molecular formula is C11H10Cl2N4. The summed E-state index contributed by atoms with van der Waals surface area (Å²) in [6.07, 6.45) is 6.64. The van der Waals surface area contributed by atoms with Crippen LogP contribution in [0.5, 0.6) is 0 Å². The minimum absolute atomic E-state index is 0.432. The topological polar surface area (TPSA) is 42.2 Å². The summed E-state index contributed by atoms with van der Waals surface area (Å²) in [4.78, 5) is 3.86. The van der Waals surface area contributed by atoms with Gasteiger partial charge in [-0.2, -0.15) is 5.10 Å². The number of aryl methyl sites for hydroxylation is 1. The van der Waals surface area contributed by atoms with E-state index < -0.39 is 0 Å². The van der Waals surface area contributed by atoms with Crippen molar-refractivity contribution in [1.29, 1.82) is 0 Å². The smallest absolute Gasteiger partial charge is 0.0965 e. The van der Waals surface area contributed by atoms with Crippen molar-refractivity contribution in [1.82, 2.24) is 9.55 Å². The highest BCUT2D eigenvalue weighted by atomic mass is 35.5. The molecule has 0 unspecified atom stereocenters. The minimum atomic E-state index is 0.432. The molecule has 6 heteroatoms. The lowest BCUT2D eigenvalue weighted by molar-refractivity contribution is 0.918. The number of aromatic nitrogens is 2. The molecule has 2 rings (SSSR count). The van der Waals surface area contributed by atoms with E-state index in [-0.39, 0.29) is 0 Å². The Labute approximate surface area is 109 Å². The predicted octanol–water partition coefficient (Wildman–Crippen LogP) is 3.17. The third-order valence-corrected chi connectivity index (χ3v) is 2.78. The highest BCUT2D eigenvalue weighted by Gasteiger charge is 2.04. The molecule has 0 aliphatic carbocycles. The normalized spacial score (nSPS) is 11.0. The number of anilines is 1. The second-order valence-electron chi connectivity index (χ2n) is 3.39. The van der Waals surface area contributed by atoms with E-state index in [1.54, 1.807) is 6.21 Å². The standard InChI is InChI=1S/C11H10Cl2N4/c1-17-4-2-3-8(17)5-15-16-11-9(12)6-14-7-10(11)13/h2-7H,1H3,(H,14,16)/b15-5+. The van der Waals surface area contributed by atoms with E-state index in [1.807, 2.05) is 29.9 Å². The van der Waals surface area contributed by atoms with Crippen LogP contribution in [0.3, 0.4) is 0 Å². The van der Waals surface area contributed by atoms with Crippen molar-refractivity contribution in [2.24, 2.45) is 12.1 Å². The van der Waals surface area contributed by atoms with E-state index in [0.717, 1.165) is 5.69 Å². The van der Waals surface area contributed by atoms with Crippen LogP contribution < -0.4 is 5.43 Å². The molecule has 2 aromatic heterocycles. The van der Waals surface area contributed by atoms with Gasteiger partial charge in [0.1, 0.15) is 0 Å². The molecule has 0 aromatic carbocycles. The maximum Gasteiger partial charge on any atom is 0.0965 e. The molecule has 88 valence electrons. The van der Waals surface area contributed by atoms with E-state index >= 15 is 0 Å². The Kier molecular flexibility index (Phi) is 3.66.